The molecule has 1 saturated carbocycles. The molecule has 1 aromatic rings. The lowest BCUT2D eigenvalue weighted by Gasteiger charge is -2.20. The molecule has 1 aliphatic rings. The Balaban J connectivity index is 2.01. The van der Waals surface area contributed by atoms with Gasteiger partial charge >= 0.3 is 0 Å². The molecule has 5 heteroatoms. The van der Waals surface area contributed by atoms with E-state index in [9.17, 15) is 4.79 Å². The van der Waals surface area contributed by atoms with E-state index in [1.807, 2.05) is 18.2 Å². The molecule has 21 heavy (non-hydrogen) atoms. The number of amides is 1. The van der Waals surface area contributed by atoms with Crippen molar-refractivity contribution >= 4 is 5.91 Å². The van der Waals surface area contributed by atoms with Crippen LogP contribution in [0.1, 0.15) is 24.8 Å². The van der Waals surface area contributed by atoms with E-state index >= 15 is 0 Å². The van der Waals surface area contributed by atoms with Crippen LogP contribution in [0.15, 0.2) is 18.2 Å². The van der Waals surface area contributed by atoms with Gasteiger partial charge < -0.3 is 20.5 Å². The average Bonchev–Trinajstić information content (AvgIpc) is 2.94. The molecule has 2 rings (SSSR count). The Hall–Kier alpha value is -1.75. The van der Waals surface area contributed by atoms with Crippen molar-refractivity contribution in [2.24, 2.45) is 11.7 Å². The van der Waals surface area contributed by atoms with Crippen LogP contribution >= 0.6 is 0 Å². The summed E-state index contributed by atoms with van der Waals surface area (Å²) < 4.78 is 10.5. The van der Waals surface area contributed by atoms with Crippen LogP contribution in [0.25, 0.3) is 0 Å². The Morgan fingerprint density at radius 3 is 2.81 bits per heavy atom. The Bertz CT molecular complexity index is 490. The van der Waals surface area contributed by atoms with Crippen LogP contribution in [0.3, 0.4) is 0 Å². The van der Waals surface area contributed by atoms with Gasteiger partial charge in [-0.05, 0) is 43.5 Å². The van der Waals surface area contributed by atoms with Crippen LogP contribution in [0.4, 0.5) is 0 Å². The highest BCUT2D eigenvalue weighted by Gasteiger charge is 2.27. The Labute approximate surface area is 125 Å². The molecule has 3 N–H and O–H groups in total. The van der Waals surface area contributed by atoms with E-state index in [0.29, 0.717) is 18.2 Å². The number of carbonyl (C=O) groups is 1. The molecule has 1 fully saturated rings. The summed E-state index contributed by atoms with van der Waals surface area (Å²) in [7, 11) is 3.21. The number of methoxy groups -OCH3 is 2. The Kier molecular flexibility index (Phi) is 5.44. The van der Waals surface area contributed by atoms with Crippen molar-refractivity contribution in [1.82, 2.24) is 5.32 Å². The molecule has 116 valence electrons. The molecule has 0 bridgehead atoms. The average molecular weight is 292 g/mol. The summed E-state index contributed by atoms with van der Waals surface area (Å²) in [5.41, 5.74) is 6.58. The number of nitrogens with one attached hydrogen (secondary N) is 1. The maximum atomic E-state index is 12.2. The third kappa shape index (κ3) is 3.88. The first-order chi connectivity index (χ1) is 10.2. The van der Waals surface area contributed by atoms with Crippen LogP contribution in [-0.4, -0.2) is 32.7 Å². The number of hydrogen-bond donors (Lipinski definition) is 2. The van der Waals surface area contributed by atoms with Gasteiger partial charge in [0.2, 0.25) is 5.91 Å². The molecule has 0 aromatic heterocycles. The molecule has 2 atom stereocenters. The predicted molar refractivity (Wildman–Crippen MR) is 81.6 cm³/mol. The van der Waals surface area contributed by atoms with Crippen molar-refractivity contribution in [2.45, 2.75) is 31.7 Å². The second-order valence-electron chi connectivity index (χ2n) is 5.46. The van der Waals surface area contributed by atoms with Gasteiger partial charge in [-0.1, -0.05) is 6.42 Å². The van der Waals surface area contributed by atoms with E-state index in [-0.39, 0.29) is 18.4 Å². The van der Waals surface area contributed by atoms with Gasteiger partial charge in [-0.25, -0.2) is 0 Å². The van der Waals surface area contributed by atoms with E-state index in [2.05, 4.69) is 5.32 Å². The standard InChI is InChI=1S/C16H24N2O3/c1-20-13-6-7-15(21-2)12(8-13)9-16(19)18-14-5-3-4-11(14)10-17/h6-8,11,14H,3-5,9-10,17H2,1-2H3,(H,18,19). The zero-order valence-corrected chi connectivity index (χ0v) is 12.7. The molecule has 5 nitrogen and oxygen atoms in total. The summed E-state index contributed by atoms with van der Waals surface area (Å²) in [6.45, 7) is 0.632. The molecular formula is C16H24N2O3. The predicted octanol–water partition coefficient (Wildman–Crippen LogP) is 1.49. The number of ether oxygens (including phenoxy) is 2. The fourth-order valence-electron chi connectivity index (χ4n) is 2.96. The molecule has 0 aliphatic heterocycles. The fraction of sp³-hybridized carbons (Fsp3) is 0.562. The van der Waals surface area contributed by atoms with Crippen LogP contribution < -0.4 is 20.5 Å². The summed E-state index contributed by atoms with van der Waals surface area (Å²) in [5, 5.41) is 3.10. The summed E-state index contributed by atoms with van der Waals surface area (Å²) in [6, 6.07) is 5.69. The van der Waals surface area contributed by atoms with Crippen molar-refractivity contribution < 1.29 is 14.3 Å². The van der Waals surface area contributed by atoms with Gasteiger partial charge in [-0.2, -0.15) is 0 Å². The molecule has 0 heterocycles. The minimum absolute atomic E-state index is 0.00639. The minimum atomic E-state index is 0.00639. The molecule has 0 saturated heterocycles. The first kappa shape index (κ1) is 15.6. The van der Waals surface area contributed by atoms with E-state index in [4.69, 9.17) is 15.2 Å². The van der Waals surface area contributed by atoms with Crippen LogP contribution in [0.2, 0.25) is 0 Å². The van der Waals surface area contributed by atoms with Gasteiger partial charge in [0, 0.05) is 11.6 Å². The monoisotopic (exact) mass is 292 g/mol. The highest BCUT2D eigenvalue weighted by Crippen LogP contribution is 2.26. The van der Waals surface area contributed by atoms with Crippen LogP contribution in [-0.2, 0) is 11.2 Å². The van der Waals surface area contributed by atoms with Crippen LogP contribution in [0, 0.1) is 5.92 Å². The van der Waals surface area contributed by atoms with Crippen molar-refractivity contribution in [3.63, 3.8) is 0 Å². The highest BCUT2D eigenvalue weighted by atomic mass is 16.5. The van der Waals surface area contributed by atoms with Gasteiger partial charge in [0.1, 0.15) is 11.5 Å². The summed E-state index contributed by atoms with van der Waals surface area (Å²) in [6.07, 6.45) is 3.54. The highest BCUT2D eigenvalue weighted by molar-refractivity contribution is 5.79. The lowest BCUT2D eigenvalue weighted by molar-refractivity contribution is -0.121. The number of hydrogen-bond acceptors (Lipinski definition) is 4. The van der Waals surface area contributed by atoms with E-state index in [1.54, 1.807) is 14.2 Å². The maximum absolute atomic E-state index is 12.2. The topological polar surface area (TPSA) is 73.6 Å². The van der Waals surface area contributed by atoms with Gasteiger partial charge in [0.05, 0.1) is 20.6 Å². The van der Waals surface area contributed by atoms with E-state index < -0.39 is 0 Å². The quantitative estimate of drug-likeness (QED) is 0.833. The normalized spacial score (nSPS) is 21.1. The lowest BCUT2D eigenvalue weighted by Crippen LogP contribution is -2.40. The smallest absolute Gasteiger partial charge is 0.224 e. The van der Waals surface area contributed by atoms with Gasteiger partial charge in [-0.15, -0.1) is 0 Å². The molecule has 2 unspecified atom stereocenters. The number of rotatable bonds is 6. The van der Waals surface area contributed by atoms with Gasteiger partial charge in [0.25, 0.3) is 0 Å². The van der Waals surface area contributed by atoms with Gasteiger partial charge in [0.15, 0.2) is 0 Å². The molecular weight excluding hydrogens is 268 g/mol. The van der Waals surface area contributed by atoms with Crippen molar-refractivity contribution in [1.29, 1.82) is 0 Å². The summed E-state index contributed by atoms with van der Waals surface area (Å²) in [4.78, 5) is 12.2. The summed E-state index contributed by atoms with van der Waals surface area (Å²) >= 11 is 0. The second-order valence-corrected chi connectivity index (χ2v) is 5.46. The maximum Gasteiger partial charge on any atom is 0.224 e. The largest absolute Gasteiger partial charge is 0.497 e. The lowest BCUT2D eigenvalue weighted by atomic mass is 10.0. The molecule has 1 aromatic carbocycles. The Morgan fingerprint density at radius 1 is 1.33 bits per heavy atom. The van der Waals surface area contributed by atoms with Crippen molar-refractivity contribution in [3.05, 3.63) is 23.8 Å². The summed E-state index contributed by atoms with van der Waals surface area (Å²) in [5.74, 6) is 1.83. The molecule has 0 spiro atoms. The van der Waals surface area contributed by atoms with Crippen molar-refractivity contribution in [2.75, 3.05) is 20.8 Å². The van der Waals surface area contributed by atoms with Gasteiger partial charge in [-0.3, -0.25) is 4.79 Å². The number of benzene rings is 1. The van der Waals surface area contributed by atoms with Crippen LogP contribution in [0.5, 0.6) is 11.5 Å². The first-order valence-corrected chi connectivity index (χ1v) is 7.38. The second kappa shape index (κ2) is 7.31. The van der Waals surface area contributed by atoms with E-state index in [0.717, 1.165) is 30.6 Å². The minimum Gasteiger partial charge on any atom is -0.497 e. The fourth-order valence-corrected chi connectivity index (χ4v) is 2.96. The third-order valence-electron chi connectivity index (χ3n) is 4.15. The zero-order chi connectivity index (χ0) is 15.2. The molecule has 1 amide bonds. The molecule has 0 radical (unpaired) electrons. The first-order valence-electron chi connectivity index (χ1n) is 7.38. The van der Waals surface area contributed by atoms with Crippen molar-refractivity contribution in [3.8, 4) is 11.5 Å². The van der Waals surface area contributed by atoms with E-state index in [1.165, 1.54) is 0 Å². The number of nitrogens with two attached hydrogens (primary N) is 1. The third-order valence-corrected chi connectivity index (χ3v) is 4.15. The Morgan fingerprint density at radius 2 is 2.14 bits per heavy atom. The SMILES string of the molecule is COc1ccc(OC)c(CC(=O)NC2CCCC2CN)c1. The number of carbonyl (C=O) groups excluding carboxylic acids is 1. The molecule has 1 aliphatic carbocycles. The zero-order valence-electron chi connectivity index (χ0n) is 12.7.